The Morgan fingerprint density at radius 2 is 1.82 bits per heavy atom. The maximum Gasteiger partial charge on any atom is 0.235 e. The van der Waals surface area contributed by atoms with E-state index in [1.807, 2.05) is 13.8 Å². The van der Waals surface area contributed by atoms with Crippen LogP contribution in [0.4, 0.5) is 0 Å². The van der Waals surface area contributed by atoms with Gasteiger partial charge in [-0.3, -0.25) is 9.59 Å². The fraction of sp³-hybridized carbons (Fsp3) is 0.846. The van der Waals surface area contributed by atoms with Crippen LogP contribution in [0.15, 0.2) is 0 Å². The third-order valence-corrected chi connectivity index (χ3v) is 3.10. The van der Waals surface area contributed by atoms with Crippen LogP contribution in [0.5, 0.6) is 0 Å². The summed E-state index contributed by atoms with van der Waals surface area (Å²) in [6.07, 6.45) is 4.61. The quantitative estimate of drug-likeness (QED) is 0.524. The van der Waals surface area contributed by atoms with Crippen molar-refractivity contribution in [1.29, 1.82) is 0 Å². The first-order chi connectivity index (χ1) is 8.03. The number of hydrogen-bond donors (Lipinski definition) is 2. The summed E-state index contributed by atoms with van der Waals surface area (Å²) < 4.78 is 0. The first-order valence-electron chi connectivity index (χ1n) is 6.62. The van der Waals surface area contributed by atoms with Crippen molar-refractivity contribution in [3.05, 3.63) is 0 Å². The van der Waals surface area contributed by atoms with Gasteiger partial charge in [0.2, 0.25) is 11.8 Å². The first-order valence-corrected chi connectivity index (χ1v) is 6.62. The van der Waals surface area contributed by atoms with Gasteiger partial charge < -0.3 is 10.6 Å². The van der Waals surface area contributed by atoms with Gasteiger partial charge in [-0.1, -0.05) is 19.8 Å². The Morgan fingerprint density at radius 1 is 1.18 bits per heavy atom. The van der Waals surface area contributed by atoms with Crippen molar-refractivity contribution in [3.63, 3.8) is 0 Å². The van der Waals surface area contributed by atoms with Crippen molar-refractivity contribution in [2.45, 2.75) is 58.9 Å². The smallest absolute Gasteiger partial charge is 0.235 e. The van der Waals surface area contributed by atoms with Gasteiger partial charge in [0, 0.05) is 12.6 Å². The number of hydrogen-bond acceptors (Lipinski definition) is 2. The van der Waals surface area contributed by atoms with Gasteiger partial charge in [0.25, 0.3) is 0 Å². The molecule has 0 radical (unpaired) electrons. The van der Waals surface area contributed by atoms with E-state index in [1.54, 1.807) is 0 Å². The lowest BCUT2D eigenvalue weighted by molar-refractivity contribution is -0.137. The van der Waals surface area contributed by atoms with Crippen molar-refractivity contribution in [1.82, 2.24) is 10.6 Å². The second-order valence-corrected chi connectivity index (χ2v) is 5.17. The molecule has 0 aromatic carbocycles. The van der Waals surface area contributed by atoms with Crippen molar-refractivity contribution >= 4 is 11.8 Å². The molecule has 1 aliphatic carbocycles. The maximum absolute atomic E-state index is 11.9. The Hall–Kier alpha value is -1.06. The van der Waals surface area contributed by atoms with Crippen LogP contribution in [0, 0.1) is 5.41 Å². The number of nitrogens with one attached hydrogen (secondary N) is 2. The summed E-state index contributed by atoms with van der Waals surface area (Å²) in [5, 5.41) is 5.70. The molecule has 0 spiro atoms. The van der Waals surface area contributed by atoms with Crippen molar-refractivity contribution in [3.8, 4) is 0 Å². The molecule has 2 N–H and O–H groups in total. The minimum absolute atomic E-state index is 0.0906. The molecule has 1 rings (SSSR count). The van der Waals surface area contributed by atoms with Gasteiger partial charge in [0.15, 0.2) is 0 Å². The summed E-state index contributed by atoms with van der Waals surface area (Å²) in [5.41, 5.74) is -0.753. The lowest BCUT2D eigenvalue weighted by atomic mass is 10.0. The first kappa shape index (κ1) is 14.0. The highest BCUT2D eigenvalue weighted by Gasteiger charge is 2.56. The molecule has 1 fully saturated rings. The van der Waals surface area contributed by atoms with Crippen molar-refractivity contribution in [2.24, 2.45) is 5.41 Å². The highest BCUT2D eigenvalue weighted by atomic mass is 16.2. The second-order valence-electron chi connectivity index (χ2n) is 5.17. The lowest BCUT2D eigenvalue weighted by Crippen LogP contribution is -2.45. The molecular formula is C13H24N2O2. The lowest BCUT2D eigenvalue weighted by Gasteiger charge is -2.17. The number of rotatable bonds is 7. The van der Waals surface area contributed by atoms with E-state index in [9.17, 15) is 9.59 Å². The molecule has 0 aromatic rings. The summed E-state index contributed by atoms with van der Waals surface area (Å²) in [5.74, 6) is -0.202. The molecule has 0 atom stereocenters. The Labute approximate surface area is 104 Å². The molecule has 0 aromatic heterocycles. The monoisotopic (exact) mass is 240 g/mol. The fourth-order valence-electron chi connectivity index (χ4n) is 1.83. The van der Waals surface area contributed by atoms with Gasteiger partial charge >= 0.3 is 0 Å². The third-order valence-electron chi connectivity index (χ3n) is 3.10. The van der Waals surface area contributed by atoms with Crippen LogP contribution in [0.3, 0.4) is 0 Å². The Balaban J connectivity index is 2.37. The average Bonchev–Trinajstić information content (AvgIpc) is 3.04. The maximum atomic E-state index is 11.9. The molecule has 4 heteroatoms. The minimum Gasteiger partial charge on any atom is -0.355 e. The predicted octanol–water partition coefficient (Wildman–Crippen LogP) is 1.60. The predicted molar refractivity (Wildman–Crippen MR) is 67.5 cm³/mol. The van der Waals surface area contributed by atoms with Gasteiger partial charge in [-0.2, -0.15) is 0 Å². The highest BCUT2D eigenvalue weighted by molar-refractivity contribution is 6.07. The van der Waals surface area contributed by atoms with E-state index >= 15 is 0 Å². The molecule has 4 nitrogen and oxygen atoms in total. The van der Waals surface area contributed by atoms with E-state index in [1.165, 1.54) is 0 Å². The molecule has 98 valence electrons. The van der Waals surface area contributed by atoms with Crippen LogP contribution in [0.1, 0.15) is 52.9 Å². The van der Waals surface area contributed by atoms with Gasteiger partial charge in [0.1, 0.15) is 5.41 Å². The molecule has 0 unspecified atom stereocenters. The molecule has 2 amide bonds. The molecule has 17 heavy (non-hydrogen) atoms. The summed E-state index contributed by atoms with van der Waals surface area (Å²) in [7, 11) is 0. The fourth-order valence-corrected chi connectivity index (χ4v) is 1.83. The zero-order valence-corrected chi connectivity index (χ0v) is 11.1. The largest absolute Gasteiger partial charge is 0.355 e. The van der Waals surface area contributed by atoms with E-state index in [4.69, 9.17) is 0 Å². The SMILES string of the molecule is CCCCCNC(=O)C1(C(=O)NC(C)C)CC1. The highest BCUT2D eigenvalue weighted by Crippen LogP contribution is 2.46. The Kier molecular flexibility index (Phi) is 4.97. The zero-order chi connectivity index (χ0) is 12.9. The Morgan fingerprint density at radius 3 is 2.29 bits per heavy atom. The minimum atomic E-state index is -0.753. The van der Waals surface area contributed by atoms with Gasteiger partial charge in [-0.05, 0) is 33.1 Å². The molecule has 0 heterocycles. The standard InChI is InChI=1S/C13H24N2O2/c1-4-5-6-9-14-11(16)13(7-8-13)12(17)15-10(2)3/h10H,4-9H2,1-3H3,(H,14,16)(H,15,17). The zero-order valence-electron chi connectivity index (χ0n) is 11.1. The number of carbonyl (C=O) groups excluding carboxylic acids is 2. The summed E-state index contributed by atoms with van der Waals surface area (Å²) in [6.45, 7) is 6.63. The van der Waals surface area contributed by atoms with E-state index in [0.717, 1.165) is 19.3 Å². The van der Waals surface area contributed by atoms with Crippen LogP contribution >= 0.6 is 0 Å². The van der Waals surface area contributed by atoms with Crippen molar-refractivity contribution in [2.75, 3.05) is 6.54 Å². The molecular weight excluding hydrogens is 216 g/mol. The molecule has 0 saturated heterocycles. The van der Waals surface area contributed by atoms with Crippen LogP contribution < -0.4 is 10.6 Å². The second kappa shape index (κ2) is 6.03. The number of unbranched alkanes of at least 4 members (excludes halogenated alkanes) is 2. The number of carbonyl (C=O) groups is 2. The van der Waals surface area contributed by atoms with Gasteiger partial charge in [0.05, 0.1) is 0 Å². The van der Waals surface area contributed by atoms with Crippen LogP contribution in [-0.4, -0.2) is 24.4 Å². The Bertz CT molecular complexity index is 283. The summed E-state index contributed by atoms with van der Waals surface area (Å²) in [4.78, 5) is 23.8. The summed E-state index contributed by atoms with van der Waals surface area (Å²) >= 11 is 0. The molecule has 0 aliphatic heterocycles. The third kappa shape index (κ3) is 3.72. The van der Waals surface area contributed by atoms with E-state index in [-0.39, 0.29) is 17.9 Å². The van der Waals surface area contributed by atoms with Crippen LogP contribution in [-0.2, 0) is 9.59 Å². The van der Waals surface area contributed by atoms with Crippen LogP contribution in [0.2, 0.25) is 0 Å². The topological polar surface area (TPSA) is 58.2 Å². The molecule has 1 aliphatic rings. The molecule has 1 saturated carbocycles. The summed E-state index contributed by atoms with van der Waals surface area (Å²) in [6, 6.07) is 0.0906. The number of amides is 2. The average molecular weight is 240 g/mol. The van der Waals surface area contributed by atoms with E-state index in [0.29, 0.717) is 19.4 Å². The van der Waals surface area contributed by atoms with E-state index < -0.39 is 5.41 Å². The normalized spacial score (nSPS) is 16.7. The van der Waals surface area contributed by atoms with Crippen LogP contribution in [0.25, 0.3) is 0 Å². The molecule has 0 bridgehead atoms. The van der Waals surface area contributed by atoms with Gasteiger partial charge in [-0.25, -0.2) is 0 Å². The van der Waals surface area contributed by atoms with Crippen molar-refractivity contribution < 1.29 is 9.59 Å². The van der Waals surface area contributed by atoms with Gasteiger partial charge in [-0.15, -0.1) is 0 Å². The van der Waals surface area contributed by atoms with E-state index in [2.05, 4.69) is 17.6 Å².